The van der Waals surface area contributed by atoms with E-state index in [0.29, 0.717) is 18.8 Å². The van der Waals surface area contributed by atoms with Crippen LogP contribution in [0.4, 0.5) is 4.79 Å². The van der Waals surface area contributed by atoms with Crippen molar-refractivity contribution in [1.82, 2.24) is 10.6 Å². The summed E-state index contributed by atoms with van der Waals surface area (Å²) in [4.78, 5) is 35.3. The van der Waals surface area contributed by atoms with Crippen molar-refractivity contribution >= 4 is 18.0 Å². The number of carbonyl (C=O) groups excluding carboxylic acids is 2. The van der Waals surface area contributed by atoms with Crippen LogP contribution in [0.25, 0.3) is 11.1 Å². The zero-order chi connectivity index (χ0) is 23.8. The third-order valence-electron chi connectivity index (χ3n) is 5.50. The van der Waals surface area contributed by atoms with Crippen molar-refractivity contribution in [2.75, 3.05) is 13.2 Å². The topological polar surface area (TPSA) is 105 Å². The van der Waals surface area contributed by atoms with Crippen LogP contribution in [0, 0.1) is 17.8 Å². The van der Waals surface area contributed by atoms with Crippen LogP contribution in [-0.4, -0.2) is 42.3 Å². The summed E-state index contributed by atoms with van der Waals surface area (Å²) in [5.74, 6) is 3.32. The summed E-state index contributed by atoms with van der Waals surface area (Å²) in [6, 6.07) is 15.1. The Labute approximate surface area is 193 Å². The summed E-state index contributed by atoms with van der Waals surface area (Å²) >= 11 is 0. The Kier molecular flexibility index (Phi) is 8.09. The zero-order valence-corrected chi connectivity index (χ0v) is 18.8. The van der Waals surface area contributed by atoms with E-state index in [9.17, 15) is 19.5 Å². The number of ether oxygens (including phenoxy) is 1. The zero-order valence-electron chi connectivity index (χ0n) is 18.8. The molecule has 33 heavy (non-hydrogen) atoms. The van der Waals surface area contributed by atoms with Crippen molar-refractivity contribution in [2.24, 2.45) is 5.92 Å². The first-order valence-corrected chi connectivity index (χ1v) is 11.0. The maximum absolute atomic E-state index is 12.1. The minimum Gasteiger partial charge on any atom is -0.480 e. The van der Waals surface area contributed by atoms with Gasteiger partial charge in [-0.25, -0.2) is 9.59 Å². The van der Waals surface area contributed by atoms with Gasteiger partial charge in [0.25, 0.3) is 5.91 Å². The first kappa shape index (κ1) is 23.9. The standard InChI is InChI=1S/C26H28N2O5/c1-17(2)13-14-23(25(30)31)28-24(29)12-7-15-27-26(32)33-16-22-20-10-5-3-8-18(20)19-9-4-6-11-21(19)22/h3-6,8-11,17,22-23H,13-16H2,1-2H3,(H,27,32)(H,28,29)(H,30,31). The number of carboxylic acids is 1. The van der Waals surface area contributed by atoms with Crippen molar-refractivity contribution in [3.05, 3.63) is 59.7 Å². The Morgan fingerprint density at radius 3 is 2.18 bits per heavy atom. The molecule has 1 aliphatic carbocycles. The average molecular weight is 449 g/mol. The highest BCUT2D eigenvalue weighted by atomic mass is 16.5. The van der Waals surface area contributed by atoms with Gasteiger partial charge < -0.3 is 20.5 Å². The quantitative estimate of drug-likeness (QED) is 0.536. The van der Waals surface area contributed by atoms with Crippen molar-refractivity contribution < 1.29 is 24.2 Å². The summed E-state index contributed by atoms with van der Waals surface area (Å²) in [5, 5.41) is 14.1. The summed E-state index contributed by atoms with van der Waals surface area (Å²) in [7, 11) is 0. The Morgan fingerprint density at radius 2 is 1.61 bits per heavy atom. The largest absolute Gasteiger partial charge is 0.480 e. The molecule has 172 valence electrons. The molecule has 1 aliphatic rings. The number of benzene rings is 2. The molecule has 7 heteroatoms. The first-order chi connectivity index (χ1) is 15.9. The Balaban J connectivity index is 1.47. The van der Waals surface area contributed by atoms with Gasteiger partial charge in [-0.15, -0.1) is 0 Å². The maximum Gasteiger partial charge on any atom is 0.407 e. The number of carbonyl (C=O) groups is 3. The number of aliphatic carboxylic acids is 1. The molecule has 2 aromatic carbocycles. The van der Waals surface area contributed by atoms with Gasteiger partial charge in [-0.2, -0.15) is 0 Å². The molecule has 1 unspecified atom stereocenters. The van der Waals surface area contributed by atoms with Crippen LogP contribution < -0.4 is 10.6 Å². The number of alkyl carbamates (subject to hydrolysis) is 1. The molecule has 1 atom stereocenters. The number of rotatable bonds is 8. The van der Waals surface area contributed by atoms with E-state index in [1.54, 1.807) is 0 Å². The molecule has 0 spiro atoms. The lowest BCUT2D eigenvalue weighted by atomic mass is 9.98. The predicted molar refractivity (Wildman–Crippen MR) is 124 cm³/mol. The Morgan fingerprint density at radius 1 is 1.00 bits per heavy atom. The first-order valence-electron chi connectivity index (χ1n) is 11.0. The SMILES string of the molecule is CC(C)CCC(NC(=O)C#CCNC(=O)OCC1c2ccccc2-c2ccccc21)C(=O)O. The number of fused-ring (bicyclic) bond motifs is 3. The molecule has 2 amide bonds. The van der Waals surface area contributed by atoms with Crippen molar-refractivity contribution in [2.45, 2.75) is 38.6 Å². The van der Waals surface area contributed by atoms with Crippen LogP contribution in [0.5, 0.6) is 0 Å². The van der Waals surface area contributed by atoms with Gasteiger partial charge in [0.15, 0.2) is 0 Å². The van der Waals surface area contributed by atoms with Crippen LogP contribution in [0.2, 0.25) is 0 Å². The predicted octanol–water partition coefficient (Wildman–Crippen LogP) is 3.53. The average Bonchev–Trinajstić information content (AvgIpc) is 3.11. The van der Waals surface area contributed by atoms with Gasteiger partial charge in [0, 0.05) is 5.92 Å². The molecule has 0 saturated carbocycles. The van der Waals surface area contributed by atoms with E-state index in [0.717, 1.165) is 22.3 Å². The van der Waals surface area contributed by atoms with Crippen LogP contribution in [0.15, 0.2) is 48.5 Å². The molecule has 0 saturated heterocycles. The fourth-order valence-electron chi connectivity index (χ4n) is 3.84. The number of nitrogens with one attached hydrogen (secondary N) is 2. The van der Waals surface area contributed by atoms with Gasteiger partial charge in [0.1, 0.15) is 12.6 Å². The van der Waals surface area contributed by atoms with E-state index in [4.69, 9.17) is 4.74 Å². The lowest BCUT2D eigenvalue weighted by Gasteiger charge is -2.14. The molecule has 0 aromatic heterocycles. The minimum absolute atomic E-state index is 0.0428. The van der Waals surface area contributed by atoms with E-state index < -0.39 is 24.0 Å². The second-order valence-corrected chi connectivity index (χ2v) is 8.32. The third-order valence-corrected chi connectivity index (χ3v) is 5.50. The molecule has 7 nitrogen and oxygen atoms in total. The summed E-state index contributed by atoms with van der Waals surface area (Å²) < 4.78 is 5.40. The van der Waals surface area contributed by atoms with E-state index in [-0.39, 0.29) is 19.1 Å². The van der Waals surface area contributed by atoms with E-state index >= 15 is 0 Å². The molecule has 3 rings (SSSR count). The second-order valence-electron chi connectivity index (χ2n) is 8.32. The number of hydrogen-bond donors (Lipinski definition) is 3. The maximum atomic E-state index is 12.1. The molecule has 0 aliphatic heterocycles. The van der Waals surface area contributed by atoms with Gasteiger partial charge >= 0.3 is 12.1 Å². The fraction of sp³-hybridized carbons (Fsp3) is 0.346. The van der Waals surface area contributed by atoms with E-state index in [1.165, 1.54) is 0 Å². The van der Waals surface area contributed by atoms with E-state index in [1.807, 2.05) is 50.2 Å². The third kappa shape index (κ3) is 6.36. The number of amides is 2. The highest BCUT2D eigenvalue weighted by Gasteiger charge is 2.28. The van der Waals surface area contributed by atoms with Gasteiger partial charge in [0.05, 0.1) is 6.54 Å². The summed E-state index contributed by atoms with van der Waals surface area (Å²) in [5.41, 5.74) is 4.53. The van der Waals surface area contributed by atoms with Gasteiger partial charge in [-0.3, -0.25) is 4.79 Å². The summed E-state index contributed by atoms with van der Waals surface area (Å²) in [6.07, 6.45) is 0.374. The molecular weight excluding hydrogens is 420 g/mol. The monoisotopic (exact) mass is 448 g/mol. The number of carboxylic acid groups (broad SMARTS) is 1. The lowest BCUT2D eigenvalue weighted by Crippen LogP contribution is -2.40. The number of hydrogen-bond acceptors (Lipinski definition) is 4. The molecule has 0 radical (unpaired) electrons. The Hall–Kier alpha value is -3.79. The van der Waals surface area contributed by atoms with Crippen LogP contribution in [0.1, 0.15) is 43.7 Å². The minimum atomic E-state index is -1.09. The molecule has 3 N–H and O–H groups in total. The highest BCUT2D eigenvalue weighted by molar-refractivity contribution is 5.96. The van der Waals surface area contributed by atoms with Gasteiger partial charge in [0.2, 0.25) is 0 Å². The second kappa shape index (κ2) is 11.2. The van der Waals surface area contributed by atoms with Crippen LogP contribution >= 0.6 is 0 Å². The molecular formula is C26H28N2O5. The van der Waals surface area contributed by atoms with Crippen molar-refractivity contribution in [1.29, 1.82) is 0 Å². The lowest BCUT2D eigenvalue weighted by molar-refractivity contribution is -0.141. The molecule has 0 heterocycles. The smallest absolute Gasteiger partial charge is 0.407 e. The normalized spacial score (nSPS) is 12.7. The highest BCUT2D eigenvalue weighted by Crippen LogP contribution is 2.44. The van der Waals surface area contributed by atoms with Gasteiger partial charge in [-0.05, 0) is 46.9 Å². The van der Waals surface area contributed by atoms with Crippen LogP contribution in [-0.2, 0) is 14.3 Å². The van der Waals surface area contributed by atoms with Crippen molar-refractivity contribution in [3.63, 3.8) is 0 Å². The fourth-order valence-corrected chi connectivity index (χ4v) is 3.84. The molecule has 0 bridgehead atoms. The van der Waals surface area contributed by atoms with Crippen molar-refractivity contribution in [3.8, 4) is 23.0 Å². The molecule has 2 aromatic rings. The summed E-state index contributed by atoms with van der Waals surface area (Å²) in [6.45, 7) is 4.06. The molecule has 0 fully saturated rings. The Bertz CT molecular complexity index is 1040. The van der Waals surface area contributed by atoms with E-state index in [2.05, 4.69) is 34.6 Å². The van der Waals surface area contributed by atoms with Crippen LogP contribution in [0.3, 0.4) is 0 Å². The van der Waals surface area contributed by atoms with Gasteiger partial charge in [-0.1, -0.05) is 68.3 Å².